The van der Waals surface area contributed by atoms with Gasteiger partial charge in [-0.3, -0.25) is 14.2 Å². The number of aryl methyl sites for hydroxylation is 4. The summed E-state index contributed by atoms with van der Waals surface area (Å²) in [5, 5.41) is 15.9. The lowest BCUT2D eigenvalue weighted by Gasteiger charge is -2.07. The summed E-state index contributed by atoms with van der Waals surface area (Å²) in [4.78, 5) is 18.1. The highest BCUT2D eigenvalue weighted by molar-refractivity contribution is 6.06. The van der Waals surface area contributed by atoms with Gasteiger partial charge in [-0.2, -0.15) is 10.2 Å². The fourth-order valence-electron chi connectivity index (χ4n) is 3.56. The number of benzene rings is 1. The zero-order valence-corrected chi connectivity index (χ0v) is 17.7. The van der Waals surface area contributed by atoms with Crippen molar-refractivity contribution in [2.75, 3.05) is 5.32 Å². The fraction of sp³-hybridized carbons (Fsp3) is 0.364. The number of aromatic nitrogens is 4. The second-order valence-electron chi connectivity index (χ2n) is 7.63. The zero-order chi connectivity index (χ0) is 21.3. The standard InChI is InChI=1S/C22H26N6O2/c1-5-27-13-18(16(4)24-27)19-11-20(30-26-19)22(29)23-21-10-15(3)28(25-21)12-17-8-6-7-14(2)9-17/h6-10,13,20H,5,11-12H2,1-4H3,(H,23,25,29). The first kappa shape index (κ1) is 19.9. The number of carbonyl (C=O) groups excluding carboxylic acids is 1. The third-order valence-electron chi connectivity index (χ3n) is 5.19. The molecule has 3 aromatic rings. The Morgan fingerprint density at radius 1 is 1.23 bits per heavy atom. The monoisotopic (exact) mass is 406 g/mol. The minimum absolute atomic E-state index is 0.255. The first-order valence-electron chi connectivity index (χ1n) is 10.1. The number of nitrogens with one attached hydrogen (secondary N) is 1. The first-order valence-corrected chi connectivity index (χ1v) is 10.1. The van der Waals surface area contributed by atoms with Crippen LogP contribution in [0.15, 0.2) is 41.7 Å². The van der Waals surface area contributed by atoms with Gasteiger partial charge in [0, 0.05) is 36.5 Å². The van der Waals surface area contributed by atoms with Crippen LogP contribution in [0.4, 0.5) is 5.82 Å². The summed E-state index contributed by atoms with van der Waals surface area (Å²) in [5.74, 6) is 0.256. The van der Waals surface area contributed by atoms with Crippen molar-refractivity contribution in [3.63, 3.8) is 0 Å². The van der Waals surface area contributed by atoms with Gasteiger partial charge in [0.2, 0.25) is 6.10 Å². The number of oxime groups is 1. The first-order chi connectivity index (χ1) is 14.4. The summed E-state index contributed by atoms with van der Waals surface area (Å²) in [6.07, 6.45) is 1.67. The highest BCUT2D eigenvalue weighted by atomic mass is 16.6. The Bertz CT molecular complexity index is 1110. The number of amides is 1. The molecule has 0 radical (unpaired) electrons. The largest absolute Gasteiger partial charge is 0.382 e. The van der Waals surface area contributed by atoms with Crippen molar-refractivity contribution >= 4 is 17.4 Å². The van der Waals surface area contributed by atoms with Gasteiger partial charge in [-0.05, 0) is 33.3 Å². The molecule has 8 nitrogen and oxygen atoms in total. The Balaban J connectivity index is 1.39. The number of carbonyl (C=O) groups is 1. The molecule has 0 spiro atoms. The van der Waals surface area contributed by atoms with Gasteiger partial charge in [-0.25, -0.2) is 0 Å². The number of rotatable bonds is 6. The van der Waals surface area contributed by atoms with Crippen LogP contribution in [0.3, 0.4) is 0 Å². The van der Waals surface area contributed by atoms with Crippen molar-refractivity contribution in [3.8, 4) is 0 Å². The molecule has 0 aliphatic carbocycles. The topological polar surface area (TPSA) is 86.3 Å². The highest BCUT2D eigenvalue weighted by Crippen LogP contribution is 2.20. The molecule has 0 saturated carbocycles. The van der Waals surface area contributed by atoms with E-state index in [-0.39, 0.29) is 5.91 Å². The van der Waals surface area contributed by atoms with Gasteiger partial charge in [-0.1, -0.05) is 35.0 Å². The molecule has 1 atom stereocenters. The molecule has 30 heavy (non-hydrogen) atoms. The molecule has 1 aliphatic heterocycles. The smallest absolute Gasteiger partial charge is 0.269 e. The molecule has 3 heterocycles. The summed E-state index contributed by atoms with van der Waals surface area (Å²) < 4.78 is 3.73. The van der Waals surface area contributed by atoms with Crippen molar-refractivity contribution in [2.24, 2.45) is 5.16 Å². The lowest BCUT2D eigenvalue weighted by atomic mass is 10.1. The molecule has 156 valence electrons. The molecule has 1 aliphatic rings. The molecular formula is C22H26N6O2. The highest BCUT2D eigenvalue weighted by Gasteiger charge is 2.31. The Morgan fingerprint density at radius 3 is 2.80 bits per heavy atom. The molecule has 8 heteroatoms. The van der Waals surface area contributed by atoms with Crippen LogP contribution in [0.25, 0.3) is 0 Å². The molecular weight excluding hydrogens is 380 g/mol. The van der Waals surface area contributed by atoms with Crippen LogP contribution in [0.1, 0.15) is 41.4 Å². The van der Waals surface area contributed by atoms with Gasteiger partial charge in [0.1, 0.15) is 0 Å². The molecule has 1 unspecified atom stereocenters. The van der Waals surface area contributed by atoms with Gasteiger partial charge in [0.15, 0.2) is 5.82 Å². The minimum Gasteiger partial charge on any atom is -0.382 e. The maximum absolute atomic E-state index is 12.7. The van der Waals surface area contributed by atoms with E-state index in [1.165, 1.54) is 11.1 Å². The van der Waals surface area contributed by atoms with E-state index in [0.717, 1.165) is 29.2 Å². The van der Waals surface area contributed by atoms with Gasteiger partial charge in [0.25, 0.3) is 5.91 Å². The van der Waals surface area contributed by atoms with Crippen LogP contribution in [-0.2, 0) is 22.7 Å². The van der Waals surface area contributed by atoms with Crippen LogP contribution in [0.2, 0.25) is 0 Å². The van der Waals surface area contributed by atoms with E-state index in [0.29, 0.717) is 18.8 Å². The third kappa shape index (κ3) is 4.12. The summed E-state index contributed by atoms with van der Waals surface area (Å²) in [6.45, 7) is 9.43. The van der Waals surface area contributed by atoms with Crippen LogP contribution in [0, 0.1) is 20.8 Å². The number of anilines is 1. The molecule has 2 aromatic heterocycles. The van der Waals surface area contributed by atoms with Crippen LogP contribution >= 0.6 is 0 Å². The average Bonchev–Trinajstić information content (AvgIpc) is 3.41. The lowest BCUT2D eigenvalue weighted by Crippen LogP contribution is -2.28. The van der Waals surface area contributed by atoms with Crippen molar-refractivity contribution in [2.45, 2.75) is 53.3 Å². The summed E-state index contributed by atoms with van der Waals surface area (Å²) in [5.41, 5.74) is 5.89. The van der Waals surface area contributed by atoms with E-state index >= 15 is 0 Å². The van der Waals surface area contributed by atoms with Crippen molar-refractivity contribution in [1.29, 1.82) is 0 Å². The van der Waals surface area contributed by atoms with Gasteiger partial charge in [-0.15, -0.1) is 0 Å². The van der Waals surface area contributed by atoms with Crippen molar-refractivity contribution in [1.82, 2.24) is 19.6 Å². The van der Waals surface area contributed by atoms with Crippen LogP contribution in [0.5, 0.6) is 0 Å². The second-order valence-corrected chi connectivity index (χ2v) is 7.63. The van der Waals surface area contributed by atoms with E-state index in [1.54, 1.807) is 0 Å². The predicted molar refractivity (Wildman–Crippen MR) is 115 cm³/mol. The molecule has 1 aromatic carbocycles. The fourth-order valence-corrected chi connectivity index (χ4v) is 3.56. The van der Waals surface area contributed by atoms with Gasteiger partial charge < -0.3 is 10.2 Å². The molecule has 0 saturated heterocycles. The van der Waals surface area contributed by atoms with Crippen molar-refractivity contribution in [3.05, 3.63) is 64.6 Å². The lowest BCUT2D eigenvalue weighted by molar-refractivity contribution is -0.125. The minimum atomic E-state index is -0.674. The molecule has 0 bridgehead atoms. The quantitative estimate of drug-likeness (QED) is 0.681. The molecule has 4 rings (SSSR count). The van der Waals surface area contributed by atoms with E-state index in [4.69, 9.17) is 4.84 Å². The summed E-state index contributed by atoms with van der Waals surface area (Å²) in [6, 6.07) is 10.2. The molecule has 1 amide bonds. The number of hydrogen-bond acceptors (Lipinski definition) is 5. The Hall–Kier alpha value is -3.42. The Morgan fingerprint density at radius 2 is 2.07 bits per heavy atom. The number of nitrogens with zero attached hydrogens (tertiary/aromatic N) is 5. The zero-order valence-electron chi connectivity index (χ0n) is 17.7. The summed E-state index contributed by atoms with van der Waals surface area (Å²) in [7, 11) is 0. The maximum Gasteiger partial charge on any atom is 0.269 e. The van der Waals surface area contributed by atoms with Gasteiger partial charge in [0.05, 0.1) is 18.0 Å². The molecule has 1 N–H and O–H groups in total. The maximum atomic E-state index is 12.7. The third-order valence-corrected chi connectivity index (χ3v) is 5.19. The molecule has 0 fully saturated rings. The summed E-state index contributed by atoms with van der Waals surface area (Å²) >= 11 is 0. The Kier molecular flexibility index (Phi) is 5.39. The van der Waals surface area contributed by atoms with E-state index in [9.17, 15) is 4.79 Å². The predicted octanol–water partition coefficient (Wildman–Crippen LogP) is 3.20. The van der Waals surface area contributed by atoms with E-state index in [1.807, 2.05) is 48.5 Å². The van der Waals surface area contributed by atoms with E-state index < -0.39 is 6.10 Å². The Labute approximate surface area is 175 Å². The van der Waals surface area contributed by atoms with E-state index in [2.05, 4.69) is 45.8 Å². The number of hydrogen-bond donors (Lipinski definition) is 1. The van der Waals surface area contributed by atoms with Crippen LogP contribution < -0.4 is 5.32 Å². The normalized spacial score (nSPS) is 15.7. The van der Waals surface area contributed by atoms with Crippen LogP contribution in [-0.4, -0.2) is 37.3 Å². The average molecular weight is 406 g/mol. The van der Waals surface area contributed by atoms with Crippen molar-refractivity contribution < 1.29 is 9.63 Å². The second kappa shape index (κ2) is 8.14. The van der Waals surface area contributed by atoms with Gasteiger partial charge >= 0.3 is 0 Å². The SMILES string of the molecule is CCn1cc(C2=NOC(C(=O)Nc3cc(C)n(Cc4cccc(C)c4)n3)C2)c(C)n1.